The van der Waals surface area contributed by atoms with Gasteiger partial charge in [0, 0.05) is 30.5 Å². The first-order valence-electron chi connectivity index (χ1n) is 12.3. The summed E-state index contributed by atoms with van der Waals surface area (Å²) in [6.45, 7) is 1.51. The maximum atomic E-state index is 11.5. The quantitative estimate of drug-likeness (QED) is 0.327. The van der Waals surface area contributed by atoms with E-state index in [1.807, 2.05) is 47.1 Å². The molecular formula is C28H26N6O2. The van der Waals surface area contributed by atoms with Crippen LogP contribution in [0.25, 0.3) is 21.9 Å². The summed E-state index contributed by atoms with van der Waals surface area (Å²) in [4.78, 5) is 25.5. The van der Waals surface area contributed by atoms with Crippen LogP contribution in [-0.2, 0) is 17.6 Å². The number of nitrogens with zero attached hydrogens (tertiary/aromatic N) is 5. The van der Waals surface area contributed by atoms with Crippen LogP contribution in [0.5, 0.6) is 5.75 Å². The summed E-state index contributed by atoms with van der Waals surface area (Å²) in [7, 11) is 0. The molecule has 36 heavy (non-hydrogen) atoms. The van der Waals surface area contributed by atoms with Crippen LogP contribution in [0.3, 0.4) is 0 Å². The van der Waals surface area contributed by atoms with E-state index >= 15 is 0 Å². The molecule has 0 fully saturated rings. The van der Waals surface area contributed by atoms with E-state index in [1.165, 1.54) is 5.56 Å². The Labute approximate surface area is 208 Å². The lowest BCUT2D eigenvalue weighted by molar-refractivity contribution is -0.108. The van der Waals surface area contributed by atoms with Crippen LogP contribution in [0.4, 0.5) is 5.82 Å². The summed E-state index contributed by atoms with van der Waals surface area (Å²) in [5.41, 5.74) is 5.54. The first-order valence-corrected chi connectivity index (χ1v) is 12.3. The van der Waals surface area contributed by atoms with Gasteiger partial charge in [-0.3, -0.25) is 9.67 Å². The molecule has 0 aliphatic carbocycles. The zero-order valence-corrected chi connectivity index (χ0v) is 19.8. The number of nitrogens with one attached hydrogen (secondary N) is 1. The molecule has 180 valence electrons. The topological polar surface area (TPSA) is 94.8 Å². The van der Waals surface area contributed by atoms with Gasteiger partial charge in [-0.15, -0.1) is 0 Å². The Kier molecular flexibility index (Phi) is 5.99. The molecule has 1 aliphatic rings. The largest absolute Gasteiger partial charge is 0.493 e. The molecule has 3 aromatic heterocycles. The Morgan fingerprint density at radius 3 is 2.89 bits per heavy atom. The second-order valence-corrected chi connectivity index (χ2v) is 8.95. The Morgan fingerprint density at radius 2 is 1.97 bits per heavy atom. The van der Waals surface area contributed by atoms with Gasteiger partial charge in [0.25, 0.3) is 0 Å². The minimum atomic E-state index is -0.340. The lowest BCUT2D eigenvalue weighted by Crippen LogP contribution is -2.15. The first kappa shape index (κ1) is 22.2. The van der Waals surface area contributed by atoms with Crippen LogP contribution < -0.4 is 10.1 Å². The van der Waals surface area contributed by atoms with E-state index in [0.29, 0.717) is 12.3 Å². The van der Waals surface area contributed by atoms with Crippen molar-refractivity contribution in [2.75, 3.05) is 18.5 Å². The molecule has 1 atom stereocenters. The highest BCUT2D eigenvalue weighted by Crippen LogP contribution is 2.28. The predicted molar refractivity (Wildman–Crippen MR) is 138 cm³/mol. The Hall–Kier alpha value is -4.33. The van der Waals surface area contributed by atoms with Gasteiger partial charge in [-0.2, -0.15) is 5.10 Å². The molecule has 5 aromatic rings. The van der Waals surface area contributed by atoms with E-state index in [9.17, 15) is 4.79 Å². The minimum absolute atomic E-state index is 0.255. The zero-order chi connectivity index (χ0) is 24.3. The second-order valence-electron chi connectivity index (χ2n) is 8.95. The molecule has 8 heteroatoms. The van der Waals surface area contributed by atoms with Crippen LogP contribution in [-0.4, -0.2) is 44.2 Å². The van der Waals surface area contributed by atoms with E-state index in [1.54, 1.807) is 12.4 Å². The van der Waals surface area contributed by atoms with Crippen LogP contribution in [0.15, 0.2) is 67.0 Å². The van der Waals surface area contributed by atoms with Gasteiger partial charge in [-0.25, -0.2) is 9.97 Å². The fourth-order valence-corrected chi connectivity index (χ4v) is 4.72. The van der Waals surface area contributed by atoms with Crippen molar-refractivity contribution in [1.29, 1.82) is 0 Å². The van der Waals surface area contributed by atoms with Gasteiger partial charge in [0.15, 0.2) is 0 Å². The monoisotopic (exact) mass is 478 g/mol. The zero-order valence-electron chi connectivity index (χ0n) is 19.8. The highest BCUT2D eigenvalue weighted by atomic mass is 16.5. The fraction of sp³-hybridized carbons (Fsp3) is 0.250. The molecule has 4 heterocycles. The molecule has 0 bridgehead atoms. The van der Waals surface area contributed by atoms with Crippen LogP contribution in [0, 0.1) is 0 Å². The molecule has 8 nitrogen and oxygen atoms in total. The van der Waals surface area contributed by atoms with Gasteiger partial charge in [0.2, 0.25) is 0 Å². The molecule has 0 radical (unpaired) electrons. The Balaban J connectivity index is 1.19. The molecule has 1 N–H and O–H groups in total. The molecule has 6 rings (SSSR count). The van der Waals surface area contributed by atoms with Crippen LogP contribution in [0.2, 0.25) is 0 Å². The van der Waals surface area contributed by atoms with E-state index in [-0.39, 0.29) is 12.5 Å². The number of ether oxygens (including phenoxy) is 1. The highest BCUT2D eigenvalue weighted by Gasteiger charge is 2.19. The summed E-state index contributed by atoms with van der Waals surface area (Å²) in [5.74, 6) is 1.78. The number of anilines is 1. The average molecular weight is 479 g/mol. The van der Waals surface area contributed by atoms with Gasteiger partial charge < -0.3 is 14.8 Å². The minimum Gasteiger partial charge on any atom is -0.493 e. The summed E-state index contributed by atoms with van der Waals surface area (Å²) >= 11 is 0. The smallest absolute Gasteiger partial charge is 0.129 e. The number of aldehydes is 1. The number of para-hydroxylation sites is 2. The van der Waals surface area contributed by atoms with Crippen molar-refractivity contribution in [3.63, 3.8) is 0 Å². The normalized spacial score (nSPS) is 13.8. The molecule has 0 saturated carbocycles. The Bertz CT molecular complexity index is 1550. The number of benzene rings is 2. The van der Waals surface area contributed by atoms with Crippen LogP contribution >= 0.6 is 0 Å². The molecule has 0 amide bonds. The van der Waals surface area contributed by atoms with Crippen molar-refractivity contribution in [3.8, 4) is 5.75 Å². The van der Waals surface area contributed by atoms with E-state index < -0.39 is 0 Å². The van der Waals surface area contributed by atoms with Crippen molar-refractivity contribution in [2.45, 2.75) is 31.7 Å². The number of rotatable bonds is 8. The predicted octanol–water partition coefficient (Wildman–Crippen LogP) is 4.53. The van der Waals surface area contributed by atoms with Gasteiger partial charge in [0.05, 0.1) is 41.2 Å². The van der Waals surface area contributed by atoms with Crippen molar-refractivity contribution in [1.82, 2.24) is 24.7 Å². The second kappa shape index (κ2) is 9.73. The van der Waals surface area contributed by atoms with E-state index in [0.717, 1.165) is 71.3 Å². The number of pyridine rings is 1. The van der Waals surface area contributed by atoms with Gasteiger partial charge in [-0.1, -0.05) is 18.2 Å². The summed E-state index contributed by atoms with van der Waals surface area (Å²) in [6, 6.07) is 17.5. The lowest BCUT2D eigenvalue weighted by atomic mass is 10.1. The number of carbonyl (C=O) groups is 1. The number of hydrogen-bond acceptors (Lipinski definition) is 7. The van der Waals surface area contributed by atoms with E-state index in [2.05, 4.69) is 27.5 Å². The number of carbonyl (C=O) groups excluding carboxylic acids is 1. The maximum Gasteiger partial charge on any atom is 0.129 e. The van der Waals surface area contributed by atoms with Gasteiger partial charge >= 0.3 is 0 Å². The van der Waals surface area contributed by atoms with E-state index in [4.69, 9.17) is 14.7 Å². The average Bonchev–Trinajstić information content (AvgIpc) is 3.34. The highest BCUT2D eigenvalue weighted by molar-refractivity contribution is 5.80. The third-order valence-corrected chi connectivity index (χ3v) is 6.57. The van der Waals surface area contributed by atoms with Crippen LogP contribution in [0.1, 0.15) is 35.8 Å². The summed E-state index contributed by atoms with van der Waals surface area (Å²) in [6.07, 6.45) is 7.65. The van der Waals surface area contributed by atoms with Gasteiger partial charge in [-0.05, 0) is 54.8 Å². The summed E-state index contributed by atoms with van der Waals surface area (Å²) in [5, 5.41) is 8.92. The SMILES string of the molecule is O=CCC(c1cnc2ccccc2n1)n1ncc2cc(OCCc3ccc4c(n3)NCCC4)ccc21. The van der Waals surface area contributed by atoms with Gasteiger partial charge in [0.1, 0.15) is 23.9 Å². The molecular weight excluding hydrogens is 452 g/mol. The third-order valence-electron chi connectivity index (χ3n) is 6.57. The number of aryl methyl sites for hydroxylation is 1. The molecule has 0 saturated heterocycles. The standard InChI is InChI=1S/C28H26N6O2/c35-14-11-27(25-18-30-23-5-1-2-6-24(23)33-25)34-26-10-9-22(16-20(26)17-31-34)36-15-12-21-8-7-19-4-3-13-29-28(19)32-21/h1-2,5-10,14,16-18,27H,3-4,11-13,15H2,(H,29,32). The van der Waals surface area contributed by atoms with Crippen molar-refractivity contribution in [2.24, 2.45) is 0 Å². The van der Waals surface area contributed by atoms with Crippen molar-refractivity contribution >= 4 is 34.0 Å². The third kappa shape index (κ3) is 4.37. The lowest BCUT2D eigenvalue weighted by Gasteiger charge is -2.17. The van der Waals surface area contributed by atoms with Crippen molar-refractivity contribution in [3.05, 3.63) is 83.9 Å². The number of fused-ring (bicyclic) bond motifs is 3. The molecule has 1 unspecified atom stereocenters. The summed E-state index contributed by atoms with van der Waals surface area (Å²) < 4.78 is 7.88. The molecule has 0 spiro atoms. The fourth-order valence-electron chi connectivity index (χ4n) is 4.72. The first-order chi connectivity index (χ1) is 17.8. The number of hydrogen-bond donors (Lipinski definition) is 1. The van der Waals surface area contributed by atoms with Crippen molar-refractivity contribution < 1.29 is 9.53 Å². The number of aromatic nitrogens is 5. The maximum absolute atomic E-state index is 11.5. The molecule has 2 aromatic carbocycles. The molecule has 1 aliphatic heterocycles. The Morgan fingerprint density at radius 1 is 1.06 bits per heavy atom.